The summed E-state index contributed by atoms with van der Waals surface area (Å²) in [7, 11) is 0. The van der Waals surface area contributed by atoms with Crippen LogP contribution in [0, 0.1) is 5.82 Å². The maximum absolute atomic E-state index is 14.5. The summed E-state index contributed by atoms with van der Waals surface area (Å²) < 4.78 is 14.5. The van der Waals surface area contributed by atoms with E-state index in [0.29, 0.717) is 16.9 Å². The second kappa shape index (κ2) is 7.92. The van der Waals surface area contributed by atoms with Crippen molar-refractivity contribution < 1.29 is 4.39 Å². The number of hydrogen-bond acceptors (Lipinski definition) is 7. The highest BCUT2D eigenvalue weighted by molar-refractivity contribution is 5.99. The Morgan fingerprint density at radius 3 is 2.72 bits per heavy atom. The summed E-state index contributed by atoms with van der Waals surface area (Å²) in [6.07, 6.45) is 6.88. The maximum Gasteiger partial charge on any atom is 0.181 e. The van der Waals surface area contributed by atoms with Gasteiger partial charge in [0.05, 0.1) is 29.5 Å². The molecule has 6 aromatic rings. The van der Waals surface area contributed by atoms with Crippen LogP contribution in [0.3, 0.4) is 0 Å². The van der Waals surface area contributed by atoms with Gasteiger partial charge in [0, 0.05) is 53.4 Å². The van der Waals surface area contributed by atoms with Gasteiger partial charge in [0.15, 0.2) is 5.65 Å². The van der Waals surface area contributed by atoms with Gasteiger partial charge in [-0.1, -0.05) is 18.2 Å². The summed E-state index contributed by atoms with van der Waals surface area (Å²) >= 11 is 0. The monoisotopic (exact) mass is 477 g/mol. The third-order valence-electron chi connectivity index (χ3n) is 6.53. The van der Waals surface area contributed by atoms with E-state index in [1.807, 2.05) is 24.3 Å². The molecule has 0 bridgehead atoms. The molecule has 4 N–H and O–H groups in total. The van der Waals surface area contributed by atoms with E-state index in [0.717, 1.165) is 57.9 Å². The molecule has 0 spiro atoms. The number of aromatic nitrogens is 7. The number of H-pyrrole nitrogens is 2. The highest BCUT2D eigenvalue weighted by Gasteiger charge is 2.25. The standard InChI is InChI=1S/C26H20FN9/c27-20-4-2-1-3-17(20)16-5-6-30-25-18(16)8-21(33-25)24-19-7-14(9-31-26(19)35-34-24)22-10-29-11-23(32-22)36-12-15(28)13-36/h1-11,15H,12-13,28H2,(H,30,33)(H,31,34,35). The SMILES string of the molecule is NC1CN(c2cncc(-c3cnc4n[nH]c(-c5cc6c(-c7ccccc7F)ccnc6[nH]5)c4c3)n2)C1. The zero-order valence-electron chi connectivity index (χ0n) is 19.0. The number of nitrogens with two attached hydrogens (primary N) is 1. The lowest BCUT2D eigenvalue weighted by atomic mass is 10.0. The Hall–Kier alpha value is -4.70. The van der Waals surface area contributed by atoms with Gasteiger partial charge in [-0.2, -0.15) is 5.10 Å². The number of benzene rings is 1. The number of halogens is 1. The van der Waals surface area contributed by atoms with Gasteiger partial charge in [0.25, 0.3) is 0 Å². The minimum atomic E-state index is -0.280. The Morgan fingerprint density at radius 1 is 0.972 bits per heavy atom. The fraction of sp³-hybridized carbons (Fsp3) is 0.115. The topological polar surface area (TPSA) is 125 Å². The van der Waals surface area contributed by atoms with Gasteiger partial charge < -0.3 is 15.6 Å². The van der Waals surface area contributed by atoms with E-state index in [2.05, 4.69) is 35.0 Å². The molecule has 176 valence electrons. The predicted molar refractivity (Wildman–Crippen MR) is 136 cm³/mol. The van der Waals surface area contributed by atoms with Gasteiger partial charge in [0.1, 0.15) is 17.3 Å². The van der Waals surface area contributed by atoms with Gasteiger partial charge >= 0.3 is 0 Å². The molecular formula is C26H20FN9. The number of nitrogens with one attached hydrogen (secondary N) is 2. The molecule has 1 aliphatic heterocycles. The molecule has 6 heterocycles. The van der Waals surface area contributed by atoms with Gasteiger partial charge in [-0.15, -0.1) is 0 Å². The first kappa shape index (κ1) is 20.7. The first-order valence-corrected chi connectivity index (χ1v) is 11.5. The predicted octanol–water partition coefficient (Wildman–Crippen LogP) is 3.91. The van der Waals surface area contributed by atoms with Gasteiger partial charge in [-0.05, 0) is 29.8 Å². The first-order chi connectivity index (χ1) is 17.6. The highest BCUT2D eigenvalue weighted by atomic mass is 19.1. The molecular weight excluding hydrogens is 457 g/mol. The normalized spacial score (nSPS) is 14.0. The van der Waals surface area contributed by atoms with Crippen molar-refractivity contribution in [3.05, 3.63) is 73.1 Å². The van der Waals surface area contributed by atoms with Crippen LogP contribution in [0.1, 0.15) is 0 Å². The van der Waals surface area contributed by atoms with Crippen LogP contribution in [0.2, 0.25) is 0 Å². The Labute approximate surface area is 204 Å². The van der Waals surface area contributed by atoms with Gasteiger partial charge in [0.2, 0.25) is 0 Å². The number of hydrogen-bond donors (Lipinski definition) is 3. The summed E-state index contributed by atoms with van der Waals surface area (Å²) in [4.78, 5) is 23.6. The van der Waals surface area contributed by atoms with Crippen molar-refractivity contribution in [2.24, 2.45) is 5.73 Å². The largest absolute Gasteiger partial charge is 0.352 e. The molecule has 9 nitrogen and oxygen atoms in total. The van der Waals surface area contributed by atoms with Crippen LogP contribution in [-0.2, 0) is 0 Å². The molecule has 1 aromatic carbocycles. The molecule has 0 saturated carbocycles. The van der Waals surface area contributed by atoms with Crippen LogP contribution in [0.5, 0.6) is 0 Å². The molecule has 1 saturated heterocycles. The molecule has 0 aliphatic carbocycles. The summed E-state index contributed by atoms with van der Waals surface area (Å²) in [6, 6.07) is 12.7. The molecule has 36 heavy (non-hydrogen) atoms. The molecule has 1 aliphatic rings. The molecule has 0 amide bonds. The van der Waals surface area contributed by atoms with Crippen molar-refractivity contribution in [1.29, 1.82) is 0 Å². The van der Waals surface area contributed by atoms with Crippen molar-refractivity contribution in [2.75, 3.05) is 18.0 Å². The second-order valence-corrected chi connectivity index (χ2v) is 8.90. The Morgan fingerprint density at radius 2 is 1.86 bits per heavy atom. The summed E-state index contributed by atoms with van der Waals surface area (Å²) in [5, 5.41) is 9.11. The van der Waals surface area contributed by atoms with Gasteiger partial charge in [-0.25, -0.2) is 19.3 Å². The number of anilines is 1. The Kier molecular flexibility index (Phi) is 4.55. The van der Waals surface area contributed by atoms with Crippen LogP contribution >= 0.6 is 0 Å². The average Bonchev–Trinajstić information content (AvgIpc) is 3.51. The van der Waals surface area contributed by atoms with Crippen molar-refractivity contribution in [3.63, 3.8) is 0 Å². The minimum Gasteiger partial charge on any atom is -0.352 e. The minimum absolute atomic E-state index is 0.173. The summed E-state index contributed by atoms with van der Waals surface area (Å²) in [6.45, 7) is 1.54. The fourth-order valence-electron chi connectivity index (χ4n) is 4.67. The molecule has 10 heteroatoms. The van der Waals surface area contributed by atoms with E-state index < -0.39 is 0 Å². The molecule has 5 aromatic heterocycles. The zero-order chi connectivity index (χ0) is 24.2. The van der Waals surface area contributed by atoms with E-state index in [-0.39, 0.29) is 11.9 Å². The third-order valence-corrected chi connectivity index (χ3v) is 6.53. The smallest absolute Gasteiger partial charge is 0.181 e. The highest BCUT2D eigenvalue weighted by Crippen LogP contribution is 2.34. The lowest BCUT2D eigenvalue weighted by molar-refractivity contribution is 0.514. The fourth-order valence-corrected chi connectivity index (χ4v) is 4.67. The van der Waals surface area contributed by atoms with E-state index >= 15 is 0 Å². The Bertz CT molecular complexity index is 1750. The second-order valence-electron chi connectivity index (χ2n) is 8.90. The molecule has 7 rings (SSSR count). The molecule has 0 atom stereocenters. The average molecular weight is 478 g/mol. The van der Waals surface area contributed by atoms with Crippen molar-refractivity contribution in [1.82, 2.24) is 35.1 Å². The van der Waals surface area contributed by atoms with Crippen molar-refractivity contribution in [3.8, 4) is 33.8 Å². The van der Waals surface area contributed by atoms with Crippen LogP contribution in [0.25, 0.3) is 55.8 Å². The number of nitrogens with zero attached hydrogens (tertiary/aromatic N) is 6. The van der Waals surface area contributed by atoms with Crippen LogP contribution < -0.4 is 10.6 Å². The molecule has 0 radical (unpaired) electrons. The van der Waals surface area contributed by atoms with E-state index in [9.17, 15) is 4.39 Å². The van der Waals surface area contributed by atoms with Crippen molar-refractivity contribution >= 4 is 27.9 Å². The van der Waals surface area contributed by atoms with E-state index in [1.54, 1.807) is 36.9 Å². The third kappa shape index (κ3) is 3.30. The number of aromatic amines is 2. The number of rotatable bonds is 4. The summed E-state index contributed by atoms with van der Waals surface area (Å²) in [5.41, 5.74) is 11.5. The maximum atomic E-state index is 14.5. The van der Waals surface area contributed by atoms with Crippen molar-refractivity contribution in [2.45, 2.75) is 6.04 Å². The first-order valence-electron chi connectivity index (χ1n) is 11.5. The van der Waals surface area contributed by atoms with Gasteiger partial charge in [-0.3, -0.25) is 10.1 Å². The van der Waals surface area contributed by atoms with Crippen LogP contribution in [0.15, 0.2) is 67.3 Å². The number of pyridine rings is 2. The quantitative estimate of drug-likeness (QED) is 0.351. The van der Waals surface area contributed by atoms with Crippen LogP contribution in [0.4, 0.5) is 10.2 Å². The zero-order valence-corrected chi connectivity index (χ0v) is 19.0. The lowest BCUT2D eigenvalue weighted by Gasteiger charge is -2.37. The van der Waals surface area contributed by atoms with E-state index in [4.69, 9.17) is 10.7 Å². The molecule has 1 fully saturated rings. The number of fused-ring (bicyclic) bond motifs is 2. The summed E-state index contributed by atoms with van der Waals surface area (Å²) in [5.74, 6) is 0.515. The lowest BCUT2D eigenvalue weighted by Crippen LogP contribution is -2.56. The molecule has 0 unspecified atom stereocenters. The Balaban J connectivity index is 1.32. The van der Waals surface area contributed by atoms with E-state index in [1.165, 1.54) is 6.07 Å². The van der Waals surface area contributed by atoms with Crippen LogP contribution in [-0.4, -0.2) is 54.2 Å².